The number of carboxylic acid groups (broad SMARTS) is 1. The SMILES string of the molecule is O=C(O)[C@@H]1CCCN1CC=Cc1ccccc1. The number of rotatable bonds is 4. The van der Waals surface area contributed by atoms with Gasteiger partial charge in [0.25, 0.3) is 0 Å². The van der Waals surface area contributed by atoms with Gasteiger partial charge in [-0.3, -0.25) is 9.69 Å². The Labute approximate surface area is 101 Å². The van der Waals surface area contributed by atoms with E-state index in [0.717, 1.165) is 24.9 Å². The average Bonchev–Trinajstić information content (AvgIpc) is 2.79. The molecule has 0 aromatic heterocycles. The second-order valence-electron chi connectivity index (χ2n) is 4.30. The number of benzene rings is 1. The van der Waals surface area contributed by atoms with E-state index in [4.69, 9.17) is 5.11 Å². The van der Waals surface area contributed by atoms with E-state index < -0.39 is 5.97 Å². The normalized spacial score (nSPS) is 21.1. The molecule has 1 atom stereocenters. The molecule has 3 heteroatoms. The summed E-state index contributed by atoms with van der Waals surface area (Å²) in [6, 6.07) is 9.75. The van der Waals surface area contributed by atoms with Gasteiger partial charge in [0.2, 0.25) is 0 Å². The summed E-state index contributed by atoms with van der Waals surface area (Å²) in [4.78, 5) is 13.0. The van der Waals surface area contributed by atoms with Crippen LogP contribution < -0.4 is 0 Å². The van der Waals surface area contributed by atoms with Crippen molar-refractivity contribution in [2.24, 2.45) is 0 Å². The van der Waals surface area contributed by atoms with Crippen molar-refractivity contribution in [3.8, 4) is 0 Å². The molecule has 90 valence electrons. The zero-order valence-corrected chi connectivity index (χ0v) is 9.75. The third kappa shape index (κ3) is 3.17. The van der Waals surface area contributed by atoms with Crippen molar-refractivity contribution in [2.75, 3.05) is 13.1 Å². The molecule has 0 radical (unpaired) electrons. The molecule has 1 aliphatic rings. The van der Waals surface area contributed by atoms with Gasteiger partial charge in [0.05, 0.1) is 0 Å². The number of hydrogen-bond acceptors (Lipinski definition) is 2. The monoisotopic (exact) mass is 231 g/mol. The lowest BCUT2D eigenvalue weighted by atomic mass is 10.2. The molecule has 0 spiro atoms. The third-order valence-electron chi connectivity index (χ3n) is 3.10. The van der Waals surface area contributed by atoms with Gasteiger partial charge < -0.3 is 5.11 Å². The van der Waals surface area contributed by atoms with E-state index in [9.17, 15) is 4.79 Å². The van der Waals surface area contributed by atoms with Crippen LogP contribution in [-0.4, -0.2) is 35.1 Å². The van der Waals surface area contributed by atoms with Gasteiger partial charge in [-0.1, -0.05) is 42.5 Å². The van der Waals surface area contributed by atoms with Crippen LogP contribution in [-0.2, 0) is 4.79 Å². The first kappa shape index (κ1) is 11.9. The van der Waals surface area contributed by atoms with Gasteiger partial charge >= 0.3 is 5.97 Å². The van der Waals surface area contributed by atoms with E-state index in [0.29, 0.717) is 6.54 Å². The quantitative estimate of drug-likeness (QED) is 0.864. The van der Waals surface area contributed by atoms with Crippen molar-refractivity contribution in [3.63, 3.8) is 0 Å². The molecule has 1 N–H and O–H groups in total. The van der Waals surface area contributed by atoms with Crippen molar-refractivity contribution < 1.29 is 9.90 Å². The molecule has 1 aromatic rings. The number of carboxylic acids is 1. The molecule has 0 aliphatic carbocycles. The molecule has 17 heavy (non-hydrogen) atoms. The first-order chi connectivity index (χ1) is 8.27. The maximum absolute atomic E-state index is 11.0. The van der Waals surface area contributed by atoms with Gasteiger partial charge in [0.1, 0.15) is 6.04 Å². The molecule has 0 bridgehead atoms. The van der Waals surface area contributed by atoms with Crippen LogP contribution in [0.1, 0.15) is 18.4 Å². The lowest BCUT2D eigenvalue weighted by Crippen LogP contribution is -2.35. The molecule has 1 heterocycles. The minimum absolute atomic E-state index is 0.296. The summed E-state index contributed by atoms with van der Waals surface area (Å²) < 4.78 is 0. The molecule has 3 nitrogen and oxygen atoms in total. The summed E-state index contributed by atoms with van der Waals surface area (Å²) in [5, 5.41) is 9.03. The Bertz CT molecular complexity index is 400. The van der Waals surface area contributed by atoms with Gasteiger partial charge in [-0.2, -0.15) is 0 Å². The molecular formula is C14H17NO2. The Morgan fingerprint density at radius 3 is 2.88 bits per heavy atom. The average molecular weight is 231 g/mol. The van der Waals surface area contributed by atoms with Crippen molar-refractivity contribution in [1.29, 1.82) is 0 Å². The van der Waals surface area contributed by atoms with Gasteiger partial charge in [0.15, 0.2) is 0 Å². The van der Waals surface area contributed by atoms with Gasteiger partial charge in [0, 0.05) is 6.54 Å². The standard InChI is InChI=1S/C14H17NO2/c16-14(17)13-9-5-11-15(13)10-4-8-12-6-2-1-3-7-12/h1-4,6-8,13H,5,9-11H2,(H,16,17)/t13-/m0/s1. The number of aliphatic carboxylic acids is 1. The smallest absolute Gasteiger partial charge is 0.320 e. The largest absolute Gasteiger partial charge is 0.480 e. The number of carbonyl (C=O) groups is 1. The van der Waals surface area contributed by atoms with Crippen LogP contribution in [0.5, 0.6) is 0 Å². The summed E-state index contributed by atoms with van der Waals surface area (Å²) >= 11 is 0. The second-order valence-corrected chi connectivity index (χ2v) is 4.30. The predicted octanol–water partition coefficient (Wildman–Crippen LogP) is 2.25. The van der Waals surface area contributed by atoms with E-state index in [1.807, 2.05) is 47.4 Å². The zero-order valence-electron chi connectivity index (χ0n) is 9.75. The summed E-state index contributed by atoms with van der Waals surface area (Å²) in [6.07, 6.45) is 5.83. The first-order valence-electron chi connectivity index (χ1n) is 5.96. The van der Waals surface area contributed by atoms with Crippen LogP contribution in [0.2, 0.25) is 0 Å². The molecule has 2 rings (SSSR count). The molecule has 1 saturated heterocycles. The first-order valence-corrected chi connectivity index (χ1v) is 5.96. The minimum Gasteiger partial charge on any atom is -0.480 e. The highest BCUT2D eigenvalue weighted by molar-refractivity contribution is 5.73. The summed E-state index contributed by atoms with van der Waals surface area (Å²) in [7, 11) is 0. The Morgan fingerprint density at radius 2 is 2.18 bits per heavy atom. The number of nitrogens with zero attached hydrogens (tertiary/aromatic N) is 1. The fourth-order valence-electron chi connectivity index (χ4n) is 2.21. The minimum atomic E-state index is -0.699. The fourth-order valence-corrected chi connectivity index (χ4v) is 2.21. The van der Waals surface area contributed by atoms with E-state index in [2.05, 4.69) is 0 Å². The lowest BCUT2D eigenvalue weighted by molar-refractivity contribution is -0.141. The highest BCUT2D eigenvalue weighted by Gasteiger charge is 2.29. The van der Waals surface area contributed by atoms with Crippen LogP contribution in [0.3, 0.4) is 0 Å². The third-order valence-corrected chi connectivity index (χ3v) is 3.10. The summed E-state index contributed by atoms with van der Waals surface area (Å²) in [5.41, 5.74) is 1.15. The van der Waals surface area contributed by atoms with Gasteiger partial charge in [-0.25, -0.2) is 0 Å². The van der Waals surface area contributed by atoms with Crippen LogP contribution >= 0.6 is 0 Å². The van der Waals surface area contributed by atoms with Crippen LogP contribution in [0.25, 0.3) is 6.08 Å². The topological polar surface area (TPSA) is 40.5 Å². The Hall–Kier alpha value is -1.61. The number of hydrogen-bond donors (Lipinski definition) is 1. The summed E-state index contributed by atoms with van der Waals surface area (Å²) in [5.74, 6) is -0.699. The van der Waals surface area contributed by atoms with Crippen LogP contribution in [0, 0.1) is 0 Å². The van der Waals surface area contributed by atoms with E-state index in [1.165, 1.54) is 0 Å². The van der Waals surface area contributed by atoms with Crippen molar-refractivity contribution in [1.82, 2.24) is 4.90 Å². The molecule has 0 unspecified atom stereocenters. The highest BCUT2D eigenvalue weighted by atomic mass is 16.4. The summed E-state index contributed by atoms with van der Waals surface area (Å²) in [6.45, 7) is 1.60. The van der Waals surface area contributed by atoms with Crippen molar-refractivity contribution >= 4 is 12.0 Å². The molecule has 1 aromatic carbocycles. The van der Waals surface area contributed by atoms with Crippen LogP contribution in [0.4, 0.5) is 0 Å². The Morgan fingerprint density at radius 1 is 1.41 bits per heavy atom. The fraction of sp³-hybridized carbons (Fsp3) is 0.357. The molecule has 1 fully saturated rings. The molecule has 0 amide bonds. The Balaban J connectivity index is 1.90. The lowest BCUT2D eigenvalue weighted by Gasteiger charge is -2.18. The Kier molecular flexibility index (Phi) is 3.94. The van der Waals surface area contributed by atoms with Crippen molar-refractivity contribution in [2.45, 2.75) is 18.9 Å². The van der Waals surface area contributed by atoms with Crippen molar-refractivity contribution in [3.05, 3.63) is 42.0 Å². The van der Waals surface area contributed by atoms with Gasteiger partial charge in [-0.15, -0.1) is 0 Å². The maximum atomic E-state index is 11.0. The van der Waals surface area contributed by atoms with Crippen LogP contribution in [0.15, 0.2) is 36.4 Å². The molecular weight excluding hydrogens is 214 g/mol. The van der Waals surface area contributed by atoms with E-state index >= 15 is 0 Å². The van der Waals surface area contributed by atoms with Gasteiger partial charge in [-0.05, 0) is 24.9 Å². The maximum Gasteiger partial charge on any atom is 0.320 e. The highest BCUT2D eigenvalue weighted by Crippen LogP contribution is 2.17. The van der Waals surface area contributed by atoms with E-state index in [-0.39, 0.29) is 6.04 Å². The molecule has 0 saturated carbocycles. The second kappa shape index (κ2) is 5.64. The molecule has 1 aliphatic heterocycles. The van der Waals surface area contributed by atoms with E-state index in [1.54, 1.807) is 0 Å². The predicted molar refractivity (Wildman–Crippen MR) is 67.7 cm³/mol. The number of likely N-dealkylation sites (tertiary alicyclic amines) is 1. The zero-order chi connectivity index (χ0) is 12.1.